The number of methoxy groups -OCH3 is 1. The van der Waals surface area contributed by atoms with E-state index in [2.05, 4.69) is 41.4 Å². The van der Waals surface area contributed by atoms with Crippen LogP contribution in [0.4, 0.5) is 5.69 Å². The first-order chi connectivity index (χ1) is 9.85. The van der Waals surface area contributed by atoms with E-state index < -0.39 is 0 Å². The zero-order chi connectivity index (χ0) is 14.2. The third kappa shape index (κ3) is 4.22. The fourth-order valence-corrected chi connectivity index (χ4v) is 2.93. The normalized spacial score (nSPS) is 20.5. The Morgan fingerprint density at radius 1 is 1.30 bits per heavy atom. The number of anilines is 1. The Labute approximate surface area is 123 Å². The number of nitrogens with one attached hydrogen (secondary N) is 1. The van der Waals surface area contributed by atoms with Crippen molar-refractivity contribution in [1.82, 2.24) is 5.32 Å². The maximum Gasteiger partial charge on any atom is 0.0503 e. The third-order valence-corrected chi connectivity index (χ3v) is 4.19. The summed E-state index contributed by atoms with van der Waals surface area (Å²) in [4.78, 5) is 2.56. The minimum Gasteiger partial charge on any atom is -0.384 e. The zero-order valence-electron chi connectivity index (χ0n) is 12.9. The summed E-state index contributed by atoms with van der Waals surface area (Å²) in [7, 11) is 1.77. The Hall–Kier alpha value is -1.06. The van der Waals surface area contributed by atoms with Crippen molar-refractivity contribution < 1.29 is 4.74 Å². The van der Waals surface area contributed by atoms with Crippen LogP contribution in [0.1, 0.15) is 31.7 Å². The molecule has 1 aliphatic rings. The van der Waals surface area contributed by atoms with Gasteiger partial charge in [0, 0.05) is 31.9 Å². The minimum absolute atomic E-state index is 0.670. The summed E-state index contributed by atoms with van der Waals surface area (Å²) in [6.45, 7) is 6.50. The van der Waals surface area contributed by atoms with Crippen molar-refractivity contribution >= 4 is 5.69 Å². The van der Waals surface area contributed by atoms with Crippen molar-refractivity contribution in [2.24, 2.45) is 0 Å². The molecule has 1 unspecified atom stereocenters. The van der Waals surface area contributed by atoms with Gasteiger partial charge in [-0.05, 0) is 43.9 Å². The standard InChI is InChI=1S/C17H28N2O/c1-3-16-9-13-19(12-6-11-18-16)17-8-5-4-7-15(17)10-14-20-2/h4-5,7-8,16,18H,3,6,9-14H2,1-2H3. The molecule has 3 heteroatoms. The molecule has 1 aromatic carbocycles. The van der Waals surface area contributed by atoms with Gasteiger partial charge in [-0.2, -0.15) is 0 Å². The van der Waals surface area contributed by atoms with Gasteiger partial charge >= 0.3 is 0 Å². The maximum atomic E-state index is 5.24. The van der Waals surface area contributed by atoms with Crippen LogP contribution in [0.3, 0.4) is 0 Å². The molecule has 20 heavy (non-hydrogen) atoms. The van der Waals surface area contributed by atoms with E-state index in [4.69, 9.17) is 4.74 Å². The first-order valence-electron chi connectivity index (χ1n) is 7.90. The summed E-state index contributed by atoms with van der Waals surface area (Å²) < 4.78 is 5.24. The lowest BCUT2D eigenvalue weighted by molar-refractivity contribution is 0.202. The molecule has 0 saturated carbocycles. The van der Waals surface area contributed by atoms with Crippen molar-refractivity contribution in [1.29, 1.82) is 0 Å². The van der Waals surface area contributed by atoms with E-state index in [1.807, 2.05) is 0 Å². The van der Waals surface area contributed by atoms with Crippen LogP contribution in [-0.4, -0.2) is 39.4 Å². The molecule has 1 saturated heterocycles. The monoisotopic (exact) mass is 276 g/mol. The van der Waals surface area contributed by atoms with Crippen LogP contribution in [0, 0.1) is 0 Å². The van der Waals surface area contributed by atoms with Gasteiger partial charge < -0.3 is 15.0 Å². The van der Waals surface area contributed by atoms with Crippen LogP contribution in [-0.2, 0) is 11.2 Å². The molecule has 112 valence electrons. The van der Waals surface area contributed by atoms with E-state index in [0.29, 0.717) is 6.04 Å². The summed E-state index contributed by atoms with van der Waals surface area (Å²) in [6.07, 6.45) is 4.67. The van der Waals surface area contributed by atoms with Crippen molar-refractivity contribution in [3.8, 4) is 0 Å². The molecule has 1 aromatic rings. The molecule has 0 radical (unpaired) electrons. The highest BCUT2D eigenvalue weighted by Gasteiger charge is 2.15. The second kappa shape index (κ2) is 8.28. The molecule has 0 spiro atoms. The number of nitrogens with zero attached hydrogens (tertiary/aromatic N) is 1. The highest BCUT2D eigenvalue weighted by atomic mass is 16.5. The van der Waals surface area contributed by atoms with Crippen LogP contribution in [0.15, 0.2) is 24.3 Å². The number of ether oxygens (including phenoxy) is 1. The number of hydrogen-bond acceptors (Lipinski definition) is 3. The highest BCUT2D eigenvalue weighted by molar-refractivity contribution is 5.53. The van der Waals surface area contributed by atoms with Crippen molar-refractivity contribution in [2.75, 3.05) is 38.3 Å². The van der Waals surface area contributed by atoms with E-state index in [9.17, 15) is 0 Å². The van der Waals surface area contributed by atoms with Crippen molar-refractivity contribution in [3.05, 3.63) is 29.8 Å². The third-order valence-electron chi connectivity index (χ3n) is 4.19. The summed E-state index contributed by atoms with van der Waals surface area (Å²) in [6, 6.07) is 9.46. The van der Waals surface area contributed by atoms with E-state index in [-0.39, 0.29) is 0 Å². The fourth-order valence-electron chi connectivity index (χ4n) is 2.93. The van der Waals surface area contributed by atoms with Gasteiger partial charge in [0.25, 0.3) is 0 Å². The average molecular weight is 276 g/mol. The predicted molar refractivity (Wildman–Crippen MR) is 85.6 cm³/mol. The van der Waals surface area contributed by atoms with Gasteiger partial charge in [-0.25, -0.2) is 0 Å². The molecule has 0 amide bonds. The topological polar surface area (TPSA) is 24.5 Å². The summed E-state index contributed by atoms with van der Waals surface area (Å²) >= 11 is 0. The van der Waals surface area contributed by atoms with Crippen LogP contribution in [0.2, 0.25) is 0 Å². The van der Waals surface area contributed by atoms with Crippen LogP contribution >= 0.6 is 0 Å². The van der Waals surface area contributed by atoms with E-state index >= 15 is 0 Å². The maximum absolute atomic E-state index is 5.24. The predicted octanol–water partition coefficient (Wildman–Crippen LogP) is 2.84. The Balaban J connectivity index is 2.08. The Morgan fingerprint density at radius 3 is 2.95 bits per heavy atom. The molecule has 3 nitrogen and oxygen atoms in total. The second-order valence-corrected chi connectivity index (χ2v) is 5.56. The molecule has 1 aliphatic heterocycles. The lowest BCUT2D eigenvalue weighted by Crippen LogP contribution is -2.39. The lowest BCUT2D eigenvalue weighted by Gasteiger charge is -2.32. The highest BCUT2D eigenvalue weighted by Crippen LogP contribution is 2.22. The lowest BCUT2D eigenvalue weighted by atomic mass is 10.1. The summed E-state index contributed by atoms with van der Waals surface area (Å²) in [5.41, 5.74) is 2.82. The first kappa shape index (κ1) is 15.3. The first-order valence-corrected chi connectivity index (χ1v) is 7.90. The average Bonchev–Trinajstić information content (AvgIpc) is 2.46. The van der Waals surface area contributed by atoms with E-state index in [1.165, 1.54) is 30.5 Å². The molecule has 1 N–H and O–H groups in total. The van der Waals surface area contributed by atoms with Crippen molar-refractivity contribution in [2.45, 2.75) is 38.6 Å². The molecule has 2 rings (SSSR count). The zero-order valence-corrected chi connectivity index (χ0v) is 12.9. The number of benzene rings is 1. The Morgan fingerprint density at radius 2 is 2.15 bits per heavy atom. The van der Waals surface area contributed by atoms with Gasteiger partial charge in [0.2, 0.25) is 0 Å². The van der Waals surface area contributed by atoms with E-state index in [0.717, 1.165) is 32.7 Å². The smallest absolute Gasteiger partial charge is 0.0503 e. The second-order valence-electron chi connectivity index (χ2n) is 5.56. The molecule has 0 bridgehead atoms. The number of rotatable bonds is 5. The van der Waals surface area contributed by atoms with Crippen LogP contribution < -0.4 is 10.2 Å². The minimum atomic E-state index is 0.670. The summed E-state index contributed by atoms with van der Waals surface area (Å²) in [5, 5.41) is 3.65. The Bertz CT molecular complexity index is 394. The molecule has 1 heterocycles. The van der Waals surface area contributed by atoms with E-state index in [1.54, 1.807) is 7.11 Å². The SMILES string of the molecule is CCC1CCN(c2ccccc2CCOC)CCCN1. The van der Waals surface area contributed by atoms with Crippen molar-refractivity contribution in [3.63, 3.8) is 0 Å². The molecule has 1 atom stereocenters. The quantitative estimate of drug-likeness (QED) is 0.895. The number of hydrogen-bond donors (Lipinski definition) is 1. The fraction of sp³-hybridized carbons (Fsp3) is 0.647. The molecular weight excluding hydrogens is 248 g/mol. The van der Waals surface area contributed by atoms with Crippen LogP contribution in [0.25, 0.3) is 0 Å². The van der Waals surface area contributed by atoms with Gasteiger partial charge in [-0.3, -0.25) is 0 Å². The number of para-hydroxylation sites is 1. The molecule has 0 aliphatic carbocycles. The van der Waals surface area contributed by atoms with Gasteiger partial charge in [-0.15, -0.1) is 0 Å². The van der Waals surface area contributed by atoms with Gasteiger partial charge in [-0.1, -0.05) is 25.1 Å². The molecule has 0 aromatic heterocycles. The largest absolute Gasteiger partial charge is 0.384 e. The van der Waals surface area contributed by atoms with Gasteiger partial charge in [0.15, 0.2) is 0 Å². The summed E-state index contributed by atoms with van der Waals surface area (Å²) in [5.74, 6) is 0. The van der Waals surface area contributed by atoms with Crippen LogP contribution in [0.5, 0.6) is 0 Å². The Kier molecular flexibility index (Phi) is 6.34. The van der Waals surface area contributed by atoms with Gasteiger partial charge in [0.05, 0.1) is 6.61 Å². The molecule has 1 fully saturated rings. The molecular formula is C17H28N2O. The van der Waals surface area contributed by atoms with Gasteiger partial charge in [0.1, 0.15) is 0 Å².